The van der Waals surface area contributed by atoms with Crippen molar-refractivity contribution in [1.82, 2.24) is 14.7 Å². The normalized spacial score (nSPS) is 19.7. The molecular weight excluding hydrogens is 306 g/mol. The summed E-state index contributed by atoms with van der Waals surface area (Å²) in [5, 5.41) is 0. The van der Waals surface area contributed by atoms with E-state index in [1.54, 1.807) is 0 Å². The fourth-order valence-electron chi connectivity index (χ4n) is 3.34. The summed E-state index contributed by atoms with van der Waals surface area (Å²) >= 11 is 0. The molecule has 1 aliphatic heterocycles. The molecule has 1 saturated heterocycles. The minimum Gasteiger partial charge on any atom is -0.306 e. The number of piperazine rings is 1. The van der Waals surface area contributed by atoms with Gasteiger partial charge in [-0.25, -0.2) is 0 Å². The standard InChI is InChI=1S/C14H29N.C6H14N2.C2H6/c1-4-6-7-8-9-12-15(3)13-14(5-2)10-11-14;1-7-3-5-8(2)6-4-7;1-2/h4-13H2,1-3H3;3-6H2,1-2H3;1-2H3. The van der Waals surface area contributed by atoms with Crippen molar-refractivity contribution in [2.45, 2.75) is 79.1 Å². The number of unbranched alkanes of at least 4 members (excludes halogenated alkanes) is 4. The first-order chi connectivity index (χ1) is 12.0. The maximum absolute atomic E-state index is 2.56. The zero-order valence-corrected chi connectivity index (χ0v) is 18.7. The second-order valence-corrected chi connectivity index (χ2v) is 8.11. The van der Waals surface area contributed by atoms with Gasteiger partial charge in [-0.05, 0) is 58.8 Å². The van der Waals surface area contributed by atoms with Gasteiger partial charge in [0, 0.05) is 32.7 Å². The molecule has 0 amide bonds. The van der Waals surface area contributed by atoms with E-state index in [0.29, 0.717) is 0 Å². The van der Waals surface area contributed by atoms with Crippen molar-refractivity contribution in [2.24, 2.45) is 5.41 Å². The lowest BCUT2D eigenvalue weighted by atomic mass is 10.0. The van der Waals surface area contributed by atoms with Crippen LogP contribution in [0.4, 0.5) is 0 Å². The largest absolute Gasteiger partial charge is 0.306 e. The van der Waals surface area contributed by atoms with Crippen molar-refractivity contribution in [3.8, 4) is 0 Å². The van der Waals surface area contributed by atoms with E-state index in [0.717, 1.165) is 5.41 Å². The van der Waals surface area contributed by atoms with E-state index in [9.17, 15) is 0 Å². The molecule has 2 rings (SSSR count). The molecule has 0 N–H and O–H groups in total. The Kier molecular flexibility index (Phi) is 14.9. The number of hydrogen-bond donors (Lipinski definition) is 0. The highest BCUT2D eigenvalue weighted by atomic mass is 15.2. The van der Waals surface area contributed by atoms with Crippen LogP contribution in [-0.4, -0.2) is 75.1 Å². The molecule has 0 aromatic heterocycles. The van der Waals surface area contributed by atoms with Crippen LogP contribution in [0.25, 0.3) is 0 Å². The summed E-state index contributed by atoms with van der Waals surface area (Å²) in [4.78, 5) is 7.28. The van der Waals surface area contributed by atoms with Gasteiger partial charge in [-0.15, -0.1) is 0 Å². The second-order valence-electron chi connectivity index (χ2n) is 8.11. The number of likely N-dealkylation sites (N-methyl/N-ethyl adjacent to an activating group) is 2. The lowest BCUT2D eigenvalue weighted by Crippen LogP contribution is -2.42. The zero-order chi connectivity index (χ0) is 19.1. The van der Waals surface area contributed by atoms with E-state index in [-0.39, 0.29) is 0 Å². The molecule has 0 aromatic rings. The van der Waals surface area contributed by atoms with E-state index < -0.39 is 0 Å². The molecule has 0 atom stereocenters. The Morgan fingerprint density at radius 1 is 0.800 bits per heavy atom. The molecule has 0 aromatic carbocycles. The lowest BCUT2D eigenvalue weighted by molar-refractivity contribution is 0.181. The summed E-state index contributed by atoms with van der Waals surface area (Å²) in [5.41, 5.74) is 0.734. The zero-order valence-electron chi connectivity index (χ0n) is 18.7. The van der Waals surface area contributed by atoms with Crippen LogP contribution in [0.5, 0.6) is 0 Å². The first kappa shape index (κ1) is 24.9. The Balaban J connectivity index is 0.000000483. The monoisotopic (exact) mass is 355 g/mol. The van der Waals surface area contributed by atoms with Crippen LogP contribution in [0.1, 0.15) is 79.1 Å². The summed E-state index contributed by atoms with van der Waals surface area (Å²) in [7, 11) is 6.65. The van der Waals surface area contributed by atoms with Gasteiger partial charge in [0.05, 0.1) is 0 Å². The van der Waals surface area contributed by atoms with Crippen LogP contribution in [-0.2, 0) is 0 Å². The molecule has 3 heteroatoms. The average Bonchev–Trinajstić information content (AvgIpc) is 3.40. The minimum absolute atomic E-state index is 0.734. The molecule has 0 unspecified atom stereocenters. The quantitative estimate of drug-likeness (QED) is 0.541. The molecule has 1 saturated carbocycles. The lowest BCUT2D eigenvalue weighted by Gasteiger charge is -2.28. The van der Waals surface area contributed by atoms with Gasteiger partial charge in [0.2, 0.25) is 0 Å². The third-order valence-corrected chi connectivity index (χ3v) is 5.68. The predicted octanol–water partition coefficient (Wildman–Crippen LogP) is 4.97. The van der Waals surface area contributed by atoms with Gasteiger partial charge in [-0.2, -0.15) is 0 Å². The van der Waals surface area contributed by atoms with Gasteiger partial charge in [-0.1, -0.05) is 53.4 Å². The second kappa shape index (κ2) is 15.0. The van der Waals surface area contributed by atoms with Gasteiger partial charge < -0.3 is 14.7 Å². The first-order valence-electron chi connectivity index (χ1n) is 11.1. The minimum atomic E-state index is 0.734. The van der Waals surface area contributed by atoms with Crippen molar-refractivity contribution in [1.29, 1.82) is 0 Å². The van der Waals surface area contributed by atoms with E-state index in [4.69, 9.17) is 0 Å². The maximum Gasteiger partial charge on any atom is 0.0107 e. The fraction of sp³-hybridized carbons (Fsp3) is 1.00. The molecule has 0 spiro atoms. The molecule has 152 valence electrons. The third kappa shape index (κ3) is 12.8. The predicted molar refractivity (Wildman–Crippen MR) is 115 cm³/mol. The van der Waals surface area contributed by atoms with Gasteiger partial charge in [-0.3, -0.25) is 0 Å². The van der Waals surface area contributed by atoms with Crippen LogP contribution in [0.15, 0.2) is 0 Å². The Morgan fingerprint density at radius 2 is 1.28 bits per heavy atom. The Bertz CT molecular complexity index is 271. The van der Waals surface area contributed by atoms with Crippen molar-refractivity contribution in [2.75, 3.05) is 60.4 Å². The van der Waals surface area contributed by atoms with Crippen LogP contribution in [0.2, 0.25) is 0 Å². The summed E-state index contributed by atoms with van der Waals surface area (Å²) in [6.07, 6.45) is 11.4. The highest BCUT2D eigenvalue weighted by Crippen LogP contribution is 2.48. The summed E-state index contributed by atoms with van der Waals surface area (Å²) in [6.45, 7) is 16.2. The van der Waals surface area contributed by atoms with Crippen LogP contribution in [0, 0.1) is 5.41 Å². The summed E-state index contributed by atoms with van der Waals surface area (Å²) in [5.74, 6) is 0. The van der Waals surface area contributed by atoms with Crippen molar-refractivity contribution >= 4 is 0 Å². The molecule has 25 heavy (non-hydrogen) atoms. The molecule has 1 heterocycles. The molecule has 2 aliphatic rings. The number of rotatable bonds is 9. The third-order valence-electron chi connectivity index (χ3n) is 5.68. The van der Waals surface area contributed by atoms with Gasteiger partial charge in [0.1, 0.15) is 0 Å². The van der Waals surface area contributed by atoms with E-state index in [2.05, 4.69) is 49.7 Å². The maximum atomic E-state index is 2.56. The van der Waals surface area contributed by atoms with Gasteiger partial charge in [0.15, 0.2) is 0 Å². The number of hydrogen-bond acceptors (Lipinski definition) is 3. The molecule has 2 fully saturated rings. The van der Waals surface area contributed by atoms with Crippen molar-refractivity contribution in [3.05, 3.63) is 0 Å². The Labute approximate surface area is 160 Å². The molecule has 0 bridgehead atoms. The topological polar surface area (TPSA) is 9.72 Å². The molecule has 1 aliphatic carbocycles. The summed E-state index contributed by atoms with van der Waals surface area (Å²) in [6, 6.07) is 0. The summed E-state index contributed by atoms with van der Waals surface area (Å²) < 4.78 is 0. The van der Waals surface area contributed by atoms with Crippen LogP contribution >= 0.6 is 0 Å². The molecular formula is C22H49N3. The molecule has 0 radical (unpaired) electrons. The van der Waals surface area contributed by atoms with Crippen molar-refractivity contribution < 1.29 is 0 Å². The average molecular weight is 356 g/mol. The Morgan fingerprint density at radius 3 is 1.68 bits per heavy atom. The number of nitrogens with zero attached hydrogens (tertiary/aromatic N) is 3. The molecule has 3 nitrogen and oxygen atoms in total. The Hall–Kier alpha value is -0.120. The fourth-order valence-corrected chi connectivity index (χ4v) is 3.34. The van der Waals surface area contributed by atoms with Gasteiger partial charge in [0.25, 0.3) is 0 Å². The van der Waals surface area contributed by atoms with E-state index >= 15 is 0 Å². The highest BCUT2D eigenvalue weighted by Gasteiger charge is 2.40. The van der Waals surface area contributed by atoms with E-state index in [1.165, 1.54) is 90.6 Å². The van der Waals surface area contributed by atoms with E-state index in [1.807, 2.05) is 13.8 Å². The van der Waals surface area contributed by atoms with Gasteiger partial charge >= 0.3 is 0 Å². The van der Waals surface area contributed by atoms with Crippen molar-refractivity contribution in [3.63, 3.8) is 0 Å². The first-order valence-corrected chi connectivity index (χ1v) is 11.1. The smallest absolute Gasteiger partial charge is 0.0107 e. The van der Waals surface area contributed by atoms with Crippen LogP contribution < -0.4 is 0 Å². The highest BCUT2D eigenvalue weighted by molar-refractivity contribution is 4.93. The SMILES string of the molecule is CC.CCCCCCCN(C)CC1(CC)CC1.CN1CCN(C)CC1. The van der Waals surface area contributed by atoms with Crippen LogP contribution in [0.3, 0.4) is 0 Å².